The summed E-state index contributed by atoms with van der Waals surface area (Å²) < 4.78 is 5.31. The van der Waals surface area contributed by atoms with Gasteiger partial charge < -0.3 is 35.8 Å². The van der Waals surface area contributed by atoms with Crippen LogP contribution in [0.15, 0.2) is 47.2 Å². The summed E-state index contributed by atoms with van der Waals surface area (Å²) in [5.74, 6) is -5.81. The minimum atomic E-state index is -2.67. The summed E-state index contributed by atoms with van der Waals surface area (Å²) in [4.78, 5) is 43.0. The van der Waals surface area contributed by atoms with Crippen molar-refractivity contribution in [1.29, 1.82) is 0 Å². The third-order valence-corrected chi connectivity index (χ3v) is 9.30. The molecule has 3 aliphatic rings. The fourth-order valence-corrected chi connectivity index (χ4v) is 7.25. The van der Waals surface area contributed by atoms with Crippen LogP contribution in [0.3, 0.4) is 0 Å². The first-order valence-corrected chi connectivity index (χ1v) is 14.6. The molecule has 5 rings (SSSR count). The summed E-state index contributed by atoms with van der Waals surface area (Å²) >= 11 is 0. The number of rotatable bonds is 8. The molecule has 2 aromatic rings. The van der Waals surface area contributed by atoms with Crippen molar-refractivity contribution in [2.24, 2.45) is 17.6 Å². The zero-order valence-corrected chi connectivity index (χ0v) is 25.5. The van der Waals surface area contributed by atoms with Crippen molar-refractivity contribution < 1.29 is 39.5 Å². The second-order valence-corrected chi connectivity index (χ2v) is 12.3. The van der Waals surface area contributed by atoms with E-state index in [4.69, 9.17) is 10.5 Å². The number of primary amides is 1. The summed E-state index contributed by atoms with van der Waals surface area (Å²) in [6.45, 7) is 0. The first kappa shape index (κ1) is 31.1. The topological polar surface area (TPSA) is 174 Å². The fraction of sp³-hybridized carbons (Fsp3) is 0.424. The number of hydrogen-bond acceptors (Lipinski definition) is 10. The number of carbonyl (C=O) groups is 3. The standard InChI is InChI=1S/C33H39N3O8/c1-35(2)22-15-17(10-6-8-16-9-7-11-19(12-16)44-5)27(37)24-20(22)13-18-14-21-26(36(3)4)29(39)25(32(34)42)31(41)33(21,43)30(40)23(18)28(24)38/h7,9,11-12,15,18,21,26,37-38,41,43H,6,8,10,13-14H2,1-5H3,(H2,34,42)/t18-,21-,26-,33-/m0/s1. The molecule has 4 atom stereocenters. The number of nitrogens with zero attached hydrogens (tertiary/aromatic N) is 2. The van der Waals surface area contributed by atoms with E-state index in [0.29, 0.717) is 30.4 Å². The zero-order valence-electron chi connectivity index (χ0n) is 25.5. The van der Waals surface area contributed by atoms with Crippen LogP contribution < -0.4 is 15.4 Å². The number of likely N-dealkylation sites (N-methyl/N-ethyl adjacent to an activating group) is 1. The van der Waals surface area contributed by atoms with Gasteiger partial charge in [0.2, 0.25) is 5.78 Å². The van der Waals surface area contributed by atoms with Crippen LogP contribution in [0.25, 0.3) is 5.76 Å². The number of nitrogens with two attached hydrogens (primary N) is 1. The second kappa shape index (κ2) is 11.3. The molecule has 0 bridgehead atoms. The van der Waals surface area contributed by atoms with Gasteiger partial charge in [-0.15, -0.1) is 0 Å². The number of aryl methyl sites for hydroxylation is 2. The summed E-state index contributed by atoms with van der Waals surface area (Å²) in [5, 5.41) is 46.1. The van der Waals surface area contributed by atoms with E-state index in [1.807, 2.05) is 49.3 Å². The summed E-state index contributed by atoms with van der Waals surface area (Å²) in [5.41, 5.74) is 4.89. The van der Waals surface area contributed by atoms with Gasteiger partial charge in [0.05, 0.1) is 18.7 Å². The van der Waals surface area contributed by atoms with Crippen molar-refractivity contribution in [2.45, 2.75) is 43.7 Å². The van der Waals surface area contributed by atoms with Crippen LogP contribution in [0, 0.1) is 11.8 Å². The number of phenols is 1. The highest BCUT2D eigenvalue weighted by Gasteiger charge is 2.64. The quantitative estimate of drug-likeness (QED) is 0.281. The van der Waals surface area contributed by atoms with Gasteiger partial charge in [0.15, 0.2) is 11.4 Å². The van der Waals surface area contributed by atoms with Crippen molar-refractivity contribution in [3.05, 3.63) is 69.5 Å². The fourth-order valence-electron chi connectivity index (χ4n) is 7.25. The van der Waals surface area contributed by atoms with Crippen LogP contribution in [0.2, 0.25) is 0 Å². The lowest BCUT2D eigenvalue weighted by Gasteiger charge is -2.50. The number of fused-ring (bicyclic) bond motifs is 3. The lowest BCUT2D eigenvalue weighted by molar-refractivity contribution is -0.153. The van der Waals surface area contributed by atoms with E-state index in [9.17, 15) is 34.8 Å². The highest BCUT2D eigenvalue weighted by atomic mass is 16.5. The summed E-state index contributed by atoms with van der Waals surface area (Å²) in [7, 11) is 8.46. The Kier molecular flexibility index (Phi) is 7.98. The Labute approximate surface area is 255 Å². The predicted octanol–water partition coefficient (Wildman–Crippen LogP) is 2.21. The molecule has 6 N–H and O–H groups in total. The minimum Gasteiger partial charge on any atom is -0.508 e. The maximum absolute atomic E-state index is 14.1. The van der Waals surface area contributed by atoms with E-state index in [1.54, 1.807) is 21.2 Å². The average molecular weight is 606 g/mol. The van der Waals surface area contributed by atoms with Crippen molar-refractivity contribution in [2.75, 3.05) is 40.2 Å². The molecule has 1 saturated carbocycles. The Morgan fingerprint density at radius 2 is 1.80 bits per heavy atom. The number of ether oxygens (including phenoxy) is 1. The van der Waals surface area contributed by atoms with E-state index < -0.39 is 58.0 Å². The molecule has 0 heterocycles. The molecule has 44 heavy (non-hydrogen) atoms. The molecular weight excluding hydrogens is 566 g/mol. The van der Waals surface area contributed by atoms with Crippen molar-refractivity contribution in [1.82, 2.24) is 4.90 Å². The van der Waals surface area contributed by atoms with Crippen LogP contribution in [0.4, 0.5) is 5.69 Å². The van der Waals surface area contributed by atoms with Gasteiger partial charge in [-0.1, -0.05) is 12.1 Å². The van der Waals surface area contributed by atoms with Gasteiger partial charge in [-0.3, -0.25) is 19.3 Å². The molecule has 234 valence electrons. The van der Waals surface area contributed by atoms with Crippen LogP contribution in [-0.4, -0.2) is 89.7 Å². The first-order chi connectivity index (χ1) is 20.7. The zero-order chi connectivity index (χ0) is 32.2. The van der Waals surface area contributed by atoms with Gasteiger partial charge in [0.1, 0.15) is 28.6 Å². The molecule has 0 saturated heterocycles. The number of ketones is 2. The Morgan fingerprint density at radius 1 is 1.09 bits per heavy atom. The molecule has 1 fully saturated rings. The maximum atomic E-state index is 14.1. The molecule has 11 heteroatoms. The number of hydrogen-bond donors (Lipinski definition) is 5. The molecule has 0 aromatic heterocycles. The number of benzene rings is 2. The number of aliphatic hydroxyl groups is 3. The third kappa shape index (κ3) is 4.71. The molecular formula is C33H39N3O8. The van der Waals surface area contributed by atoms with Crippen molar-refractivity contribution in [3.63, 3.8) is 0 Å². The number of aromatic hydroxyl groups is 1. The van der Waals surface area contributed by atoms with Gasteiger partial charge in [0, 0.05) is 31.3 Å². The van der Waals surface area contributed by atoms with Gasteiger partial charge in [-0.25, -0.2) is 0 Å². The van der Waals surface area contributed by atoms with E-state index in [0.717, 1.165) is 17.0 Å². The summed E-state index contributed by atoms with van der Waals surface area (Å²) in [6, 6.07) is 8.50. The monoisotopic (exact) mass is 605 g/mol. The second-order valence-electron chi connectivity index (χ2n) is 12.3. The van der Waals surface area contributed by atoms with E-state index >= 15 is 0 Å². The van der Waals surface area contributed by atoms with Crippen molar-refractivity contribution >= 4 is 28.9 Å². The number of anilines is 1. The third-order valence-electron chi connectivity index (χ3n) is 9.30. The molecule has 0 spiro atoms. The van der Waals surface area contributed by atoms with Crippen molar-refractivity contribution in [3.8, 4) is 11.5 Å². The number of Topliss-reactive ketones (excluding diaryl/α,β-unsaturated/α-hetero) is 2. The number of phenolic OH excluding ortho intramolecular Hbond substituents is 1. The van der Waals surface area contributed by atoms with Crippen LogP contribution in [0.1, 0.15) is 35.1 Å². The number of amides is 1. The molecule has 1 amide bonds. The Hall–Kier alpha value is -4.35. The molecule has 0 radical (unpaired) electrons. The molecule has 11 nitrogen and oxygen atoms in total. The van der Waals surface area contributed by atoms with Crippen LogP contribution >= 0.6 is 0 Å². The van der Waals surface area contributed by atoms with E-state index in [2.05, 4.69) is 0 Å². The van der Waals surface area contributed by atoms with Crippen LogP contribution in [-0.2, 0) is 33.6 Å². The SMILES string of the molecule is COc1cccc(CCCc2cc(N(C)C)c3c(c2O)C(O)=C2C(=O)[C@]4(O)C(O)=C(C(N)=O)C(=O)[C@@H](N(C)C)[C@@H]4C[C@@H]2C3)c1. The number of aliphatic hydroxyl groups excluding tert-OH is 2. The molecule has 3 aliphatic carbocycles. The van der Waals surface area contributed by atoms with E-state index in [1.165, 1.54) is 4.90 Å². The number of methoxy groups -OCH3 is 1. The first-order valence-electron chi connectivity index (χ1n) is 14.6. The Bertz CT molecular complexity index is 1620. The van der Waals surface area contributed by atoms with Gasteiger partial charge in [-0.05, 0) is 87.0 Å². The molecule has 2 aromatic carbocycles. The lowest BCUT2D eigenvalue weighted by Crippen LogP contribution is -2.65. The van der Waals surface area contributed by atoms with Crippen LogP contribution in [0.5, 0.6) is 11.5 Å². The minimum absolute atomic E-state index is 0.0433. The maximum Gasteiger partial charge on any atom is 0.255 e. The normalized spacial score (nSPS) is 24.7. The van der Waals surface area contributed by atoms with Gasteiger partial charge >= 0.3 is 0 Å². The predicted molar refractivity (Wildman–Crippen MR) is 164 cm³/mol. The lowest BCUT2D eigenvalue weighted by atomic mass is 9.57. The Morgan fingerprint density at radius 3 is 2.41 bits per heavy atom. The highest BCUT2D eigenvalue weighted by Crippen LogP contribution is 2.54. The smallest absolute Gasteiger partial charge is 0.255 e. The van der Waals surface area contributed by atoms with Gasteiger partial charge in [-0.2, -0.15) is 0 Å². The molecule has 0 aliphatic heterocycles. The highest BCUT2D eigenvalue weighted by molar-refractivity contribution is 6.24. The summed E-state index contributed by atoms with van der Waals surface area (Å²) in [6.07, 6.45) is 2.15. The average Bonchev–Trinajstić information content (AvgIpc) is 2.95. The van der Waals surface area contributed by atoms with E-state index in [-0.39, 0.29) is 29.7 Å². The number of carbonyl (C=O) groups excluding carboxylic acids is 3. The van der Waals surface area contributed by atoms with Gasteiger partial charge in [0.25, 0.3) is 5.91 Å². The Balaban J connectivity index is 1.59. The molecule has 0 unspecified atom stereocenters. The largest absolute Gasteiger partial charge is 0.508 e.